The number of rotatable bonds is 8. The molecule has 1 N–H and O–H groups in total. The number of esters is 1. The molecule has 0 aromatic heterocycles. The average molecular weight is 469 g/mol. The molecule has 5 nitrogen and oxygen atoms in total. The molecule has 0 saturated heterocycles. The molecule has 0 radical (unpaired) electrons. The van der Waals surface area contributed by atoms with Gasteiger partial charge in [-0.15, -0.1) is 0 Å². The highest BCUT2D eigenvalue weighted by molar-refractivity contribution is 8.56. The molecular formula is C18H17F5NO4PS. The van der Waals surface area contributed by atoms with Gasteiger partial charge in [0.2, 0.25) is 5.82 Å². The summed E-state index contributed by atoms with van der Waals surface area (Å²) in [6, 6.07) is 6.01. The van der Waals surface area contributed by atoms with E-state index in [1.165, 1.54) is 31.2 Å². The van der Waals surface area contributed by atoms with E-state index < -0.39 is 58.8 Å². The fourth-order valence-electron chi connectivity index (χ4n) is 2.10. The van der Waals surface area contributed by atoms with Crippen molar-refractivity contribution < 1.29 is 40.6 Å². The molecule has 0 fully saturated rings. The summed E-state index contributed by atoms with van der Waals surface area (Å²) in [6.07, 6.45) is -0.515. The summed E-state index contributed by atoms with van der Waals surface area (Å²) in [5.74, 6) is -12.0. The second-order valence-corrected chi connectivity index (χ2v) is 10.2. The van der Waals surface area contributed by atoms with Crippen molar-refractivity contribution in [1.29, 1.82) is 0 Å². The van der Waals surface area contributed by atoms with Gasteiger partial charge in [0, 0.05) is 11.4 Å². The number of para-hydroxylation sites is 1. The molecule has 1 unspecified atom stereocenters. The summed E-state index contributed by atoms with van der Waals surface area (Å²) in [7, 11) is 0. The molecule has 0 aliphatic carbocycles. The normalized spacial score (nSPS) is 14.3. The molecule has 0 aliphatic rings. The van der Waals surface area contributed by atoms with Crippen LogP contribution in [0.4, 0.5) is 22.0 Å². The maximum atomic E-state index is 14.1. The van der Waals surface area contributed by atoms with E-state index in [2.05, 4.69) is 5.09 Å². The Kier molecular flexibility index (Phi) is 7.90. The van der Waals surface area contributed by atoms with Crippen LogP contribution in [0.2, 0.25) is 0 Å². The third kappa shape index (κ3) is 5.74. The Bertz CT molecular complexity index is 948. The Balaban J connectivity index is 2.45. The van der Waals surface area contributed by atoms with Gasteiger partial charge in [-0.25, -0.2) is 31.6 Å². The molecule has 2 aromatic rings. The quantitative estimate of drug-likeness (QED) is 0.179. The Morgan fingerprint density at radius 2 is 1.43 bits per heavy atom. The van der Waals surface area contributed by atoms with Gasteiger partial charge in [-0.3, -0.25) is 4.79 Å². The lowest BCUT2D eigenvalue weighted by molar-refractivity contribution is -0.148. The average Bonchev–Trinajstić information content (AvgIpc) is 2.68. The molecule has 0 saturated carbocycles. The zero-order valence-electron chi connectivity index (χ0n) is 15.9. The van der Waals surface area contributed by atoms with Crippen molar-refractivity contribution >= 4 is 24.1 Å². The predicted molar refractivity (Wildman–Crippen MR) is 101 cm³/mol. The highest BCUT2D eigenvalue weighted by atomic mass is 32.7. The van der Waals surface area contributed by atoms with Crippen molar-refractivity contribution in [3.63, 3.8) is 0 Å². The van der Waals surface area contributed by atoms with Crippen molar-refractivity contribution in [3.8, 4) is 5.75 Å². The van der Waals surface area contributed by atoms with Crippen molar-refractivity contribution in [3.05, 3.63) is 59.4 Å². The summed E-state index contributed by atoms with van der Waals surface area (Å²) in [5, 5.41) is 2.25. The highest BCUT2D eigenvalue weighted by Crippen LogP contribution is 2.60. The molecule has 0 heterocycles. The van der Waals surface area contributed by atoms with E-state index in [-0.39, 0.29) is 17.1 Å². The summed E-state index contributed by atoms with van der Waals surface area (Å²) >= 11 is -0.241. The number of hydrogen-bond donors (Lipinski definition) is 1. The van der Waals surface area contributed by atoms with Gasteiger partial charge in [-0.2, -0.15) is 0 Å². The maximum Gasteiger partial charge on any atom is 0.379 e. The highest BCUT2D eigenvalue weighted by Gasteiger charge is 2.37. The molecule has 0 amide bonds. The van der Waals surface area contributed by atoms with Gasteiger partial charge < -0.3 is 9.26 Å². The van der Waals surface area contributed by atoms with Gasteiger partial charge in [-0.05, 0) is 32.9 Å². The smallest absolute Gasteiger partial charge is 0.379 e. The third-order valence-corrected chi connectivity index (χ3v) is 7.15. The lowest BCUT2D eigenvalue weighted by Crippen LogP contribution is -2.35. The van der Waals surface area contributed by atoms with Crippen molar-refractivity contribution in [2.24, 2.45) is 0 Å². The molecule has 2 atom stereocenters. The summed E-state index contributed by atoms with van der Waals surface area (Å²) in [4.78, 5) is 10.6. The SMILES string of the molecule is CC(C)OC(=O)[C@H](C)NP(=O)(Oc1ccccc1)Sc1c(F)c(F)c(F)c(F)c1F. The second-order valence-electron chi connectivity index (χ2n) is 6.23. The van der Waals surface area contributed by atoms with E-state index in [0.717, 1.165) is 0 Å². The minimum Gasteiger partial charge on any atom is -0.462 e. The molecule has 164 valence electrons. The van der Waals surface area contributed by atoms with Crippen molar-refractivity contribution in [2.75, 3.05) is 0 Å². The molecule has 0 spiro atoms. The number of carbonyl (C=O) groups excluding carboxylic acids is 1. The topological polar surface area (TPSA) is 64.6 Å². The number of benzene rings is 2. The molecule has 30 heavy (non-hydrogen) atoms. The third-order valence-electron chi connectivity index (χ3n) is 3.41. The predicted octanol–water partition coefficient (Wildman–Crippen LogP) is 5.59. The van der Waals surface area contributed by atoms with Crippen molar-refractivity contribution in [1.82, 2.24) is 5.09 Å². The fourth-order valence-corrected chi connectivity index (χ4v) is 6.01. The van der Waals surface area contributed by atoms with Crippen LogP contribution in [0.5, 0.6) is 5.75 Å². The zero-order valence-corrected chi connectivity index (χ0v) is 17.6. The minimum atomic E-state index is -4.50. The van der Waals surface area contributed by atoms with Gasteiger partial charge in [0.05, 0.1) is 11.0 Å². The second kappa shape index (κ2) is 9.80. The number of nitrogens with one attached hydrogen (secondary N) is 1. The van der Waals surface area contributed by atoms with E-state index >= 15 is 0 Å². The molecule has 2 rings (SSSR count). The van der Waals surface area contributed by atoms with Gasteiger partial charge in [-0.1, -0.05) is 18.2 Å². The largest absolute Gasteiger partial charge is 0.462 e. The van der Waals surface area contributed by atoms with Crippen LogP contribution in [0.1, 0.15) is 20.8 Å². The molecule has 12 heteroatoms. The fraction of sp³-hybridized carbons (Fsp3) is 0.278. The molecule has 0 aliphatic heterocycles. The Labute approximate surface area is 173 Å². The lowest BCUT2D eigenvalue weighted by atomic mass is 10.3. The minimum absolute atomic E-state index is 0.0332. The van der Waals surface area contributed by atoms with E-state index in [1.807, 2.05) is 0 Å². The molecule has 0 bridgehead atoms. The zero-order chi connectivity index (χ0) is 22.6. The number of ether oxygens (including phenoxy) is 1. The van der Waals surface area contributed by atoms with Gasteiger partial charge in [0.15, 0.2) is 23.3 Å². The standard InChI is InChI=1S/C18H17F5NO4PS/c1-9(2)27-18(25)10(3)24-29(26,28-11-7-5-4-6-8-11)30-17-15(22)13(20)12(19)14(21)16(17)23/h4-10H,1-3H3,(H,24,26)/t10-,29?/m0/s1. The van der Waals surface area contributed by atoms with Crippen LogP contribution < -0.4 is 9.61 Å². The number of hydrogen-bond acceptors (Lipinski definition) is 5. The van der Waals surface area contributed by atoms with Gasteiger partial charge in [0.1, 0.15) is 11.8 Å². The van der Waals surface area contributed by atoms with Crippen LogP contribution in [0.25, 0.3) is 0 Å². The summed E-state index contributed by atoms with van der Waals surface area (Å²) < 4.78 is 92.1. The van der Waals surface area contributed by atoms with Crippen LogP contribution in [-0.2, 0) is 14.1 Å². The van der Waals surface area contributed by atoms with Crippen LogP contribution in [-0.4, -0.2) is 18.1 Å². The van der Waals surface area contributed by atoms with Crippen LogP contribution in [0, 0.1) is 29.1 Å². The van der Waals surface area contributed by atoms with E-state index in [0.29, 0.717) is 0 Å². The summed E-state index contributed by atoms with van der Waals surface area (Å²) in [6.45, 7) is -0.127. The monoisotopic (exact) mass is 469 g/mol. The van der Waals surface area contributed by atoms with Crippen LogP contribution in [0.15, 0.2) is 35.2 Å². The van der Waals surface area contributed by atoms with Crippen molar-refractivity contribution in [2.45, 2.75) is 37.8 Å². The first-order chi connectivity index (χ1) is 13.9. The first-order valence-electron chi connectivity index (χ1n) is 8.49. The molecule has 2 aromatic carbocycles. The van der Waals surface area contributed by atoms with E-state index in [1.54, 1.807) is 19.9 Å². The first kappa shape index (κ1) is 24.2. The van der Waals surface area contributed by atoms with Gasteiger partial charge >= 0.3 is 12.7 Å². The lowest BCUT2D eigenvalue weighted by Gasteiger charge is -2.23. The van der Waals surface area contributed by atoms with Gasteiger partial charge in [0.25, 0.3) is 0 Å². The Morgan fingerprint density at radius 3 is 1.93 bits per heavy atom. The van der Waals surface area contributed by atoms with E-state index in [9.17, 15) is 31.3 Å². The van der Waals surface area contributed by atoms with E-state index in [4.69, 9.17) is 9.26 Å². The Morgan fingerprint density at radius 1 is 0.933 bits per heavy atom. The maximum absolute atomic E-state index is 14.1. The number of halogens is 5. The van der Waals surface area contributed by atoms with Crippen LogP contribution in [0.3, 0.4) is 0 Å². The van der Waals surface area contributed by atoms with Crippen LogP contribution >= 0.6 is 18.1 Å². The number of carbonyl (C=O) groups is 1. The Hall–Kier alpha value is -2.10. The molecular weight excluding hydrogens is 452 g/mol. The first-order valence-corrected chi connectivity index (χ1v) is 11.5. The summed E-state index contributed by atoms with van der Waals surface area (Å²) in [5.41, 5.74) is 0.